The van der Waals surface area contributed by atoms with Crippen LogP contribution in [0.2, 0.25) is 0 Å². The normalized spacial score (nSPS) is 16.4. The van der Waals surface area contributed by atoms with Gasteiger partial charge in [-0.05, 0) is 31.0 Å². The van der Waals surface area contributed by atoms with Crippen LogP contribution < -0.4 is 15.1 Å². The Morgan fingerprint density at radius 3 is 2.50 bits per heavy atom. The van der Waals surface area contributed by atoms with E-state index in [1.807, 2.05) is 0 Å². The topological polar surface area (TPSA) is 18.5 Å². The van der Waals surface area contributed by atoms with Gasteiger partial charge >= 0.3 is 0 Å². The van der Waals surface area contributed by atoms with E-state index in [2.05, 4.69) is 67.2 Å². The number of nitrogens with zero attached hydrogens (tertiary/aromatic N) is 2. The number of hydrogen-bond donors (Lipinski definition) is 1. The van der Waals surface area contributed by atoms with Crippen LogP contribution in [0.5, 0.6) is 0 Å². The molecule has 3 heteroatoms. The van der Waals surface area contributed by atoms with Gasteiger partial charge in [-0.3, -0.25) is 0 Å². The molecule has 1 aromatic rings. The first-order chi connectivity index (χ1) is 9.63. The zero-order chi connectivity index (χ0) is 14.5. The number of rotatable bonds is 6. The third-order valence-corrected chi connectivity index (χ3v) is 4.22. The van der Waals surface area contributed by atoms with Gasteiger partial charge < -0.3 is 15.1 Å². The van der Waals surface area contributed by atoms with Crippen LogP contribution in [0.3, 0.4) is 0 Å². The highest BCUT2D eigenvalue weighted by Crippen LogP contribution is 2.31. The smallest absolute Gasteiger partial charge is 0.0605 e. The van der Waals surface area contributed by atoms with Gasteiger partial charge in [0.2, 0.25) is 0 Å². The maximum atomic E-state index is 3.70. The van der Waals surface area contributed by atoms with Crippen molar-refractivity contribution in [2.75, 3.05) is 43.0 Å². The third-order valence-electron chi connectivity index (χ3n) is 4.22. The Hall–Kier alpha value is -1.22. The van der Waals surface area contributed by atoms with Crippen LogP contribution in [0.1, 0.15) is 27.2 Å². The first-order valence-electron chi connectivity index (χ1n) is 7.92. The SMILES string of the molecule is CCCNC(CN1CCN(C)c2ccccc21)C(C)C. The molecule has 0 saturated carbocycles. The Labute approximate surface area is 124 Å². The largest absolute Gasteiger partial charge is 0.371 e. The molecule has 0 bridgehead atoms. The summed E-state index contributed by atoms with van der Waals surface area (Å²) in [6.45, 7) is 11.3. The van der Waals surface area contributed by atoms with Crippen molar-refractivity contribution < 1.29 is 0 Å². The van der Waals surface area contributed by atoms with Gasteiger partial charge in [0.05, 0.1) is 11.4 Å². The number of anilines is 2. The van der Waals surface area contributed by atoms with Gasteiger partial charge in [0.25, 0.3) is 0 Å². The molecular formula is C17H29N3. The molecule has 0 saturated heterocycles. The lowest BCUT2D eigenvalue weighted by Gasteiger charge is -2.39. The van der Waals surface area contributed by atoms with E-state index in [0.29, 0.717) is 12.0 Å². The minimum absolute atomic E-state index is 0.561. The summed E-state index contributed by atoms with van der Waals surface area (Å²) < 4.78 is 0. The molecule has 20 heavy (non-hydrogen) atoms. The molecule has 3 nitrogen and oxygen atoms in total. The van der Waals surface area contributed by atoms with E-state index in [1.165, 1.54) is 17.8 Å². The molecule has 1 aliphatic heterocycles. The first-order valence-corrected chi connectivity index (χ1v) is 7.92. The predicted octanol–water partition coefficient (Wildman–Crippen LogP) is 2.97. The summed E-state index contributed by atoms with van der Waals surface area (Å²) in [6.07, 6.45) is 1.20. The summed E-state index contributed by atoms with van der Waals surface area (Å²) in [5, 5.41) is 3.70. The second-order valence-corrected chi connectivity index (χ2v) is 6.16. The van der Waals surface area contributed by atoms with Crippen molar-refractivity contribution in [2.45, 2.75) is 33.2 Å². The van der Waals surface area contributed by atoms with Gasteiger partial charge in [0, 0.05) is 32.7 Å². The lowest BCUT2D eigenvalue weighted by atomic mass is 10.0. The van der Waals surface area contributed by atoms with Gasteiger partial charge in [-0.25, -0.2) is 0 Å². The number of fused-ring (bicyclic) bond motifs is 1. The van der Waals surface area contributed by atoms with E-state index in [1.54, 1.807) is 0 Å². The first kappa shape index (κ1) is 15.2. The van der Waals surface area contributed by atoms with E-state index in [0.717, 1.165) is 26.2 Å². The van der Waals surface area contributed by atoms with E-state index in [-0.39, 0.29) is 0 Å². The number of para-hydroxylation sites is 2. The Morgan fingerprint density at radius 1 is 1.15 bits per heavy atom. The van der Waals surface area contributed by atoms with Crippen LogP contribution in [0.25, 0.3) is 0 Å². The second-order valence-electron chi connectivity index (χ2n) is 6.16. The lowest BCUT2D eigenvalue weighted by molar-refractivity contribution is 0.396. The van der Waals surface area contributed by atoms with Crippen LogP contribution in [-0.2, 0) is 0 Å². The summed E-state index contributed by atoms with van der Waals surface area (Å²) in [7, 11) is 2.19. The molecule has 0 amide bonds. The van der Waals surface area contributed by atoms with Gasteiger partial charge in [-0.1, -0.05) is 32.9 Å². The van der Waals surface area contributed by atoms with Gasteiger partial charge in [-0.15, -0.1) is 0 Å². The van der Waals surface area contributed by atoms with Gasteiger partial charge in [0.1, 0.15) is 0 Å². The van der Waals surface area contributed by atoms with Crippen LogP contribution in [-0.4, -0.2) is 39.3 Å². The third kappa shape index (κ3) is 3.45. The Morgan fingerprint density at radius 2 is 1.85 bits per heavy atom. The summed E-state index contributed by atoms with van der Waals surface area (Å²) in [6, 6.07) is 9.32. The summed E-state index contributed by atoms with van der Waals surface area (Å²) in [4.78, 5) is 4.90. The minimum atomic E-state index is 0.561. The van der Waals surface area contributed by atoms with Crippen molar-refractivity contribution in [1.82, 2.24) is 5.32 Å². The molecule has 1 atom stereocenters. The van der Waals surface area contributed by atoms with Crippen LogP contribution >= 0.6 is 0 Å². The molecule has 1 N–H and O–H groups in total. The summed E-state index contributed by atoms with van der Waals surface area (Å²) in [5.41, 5.74) is 2.74. The highest BCUT2D eigenvalue weighted by molar-refractivity contribution is 5.73. The highest BCUT2D eigenvalue weighted by Gasteiger charge is 2.23. The number of likely N-dealkylation sites (N-methyl/N-ethyl adjacent to an activating group) is 1. The molecule has 112 valence electrons. The van der Waals surface area contributed by atoms with Crippen molar-refractivity contribution >= 4 is 11.4 Å². The molecule has 1 unspecified atom stereocenters. The van der Waals surface area contributed by atoms with Gasteiger partial charge in [0.15, 0.2) is 0 Å². The standard InChI is InChI=1S/C17H29N3/c1-5-10-18-15(14(2)3)13-20-12-11-19(4)16-8-6-7-9-17(16)20/h6-9,14-15,18H,5,10-13H2,1-4H3. The molecule has 0 aliphatic carbocycles. The number of benzene rings is 1. The molecule has 1 aromatic carbocycles. The lowest BCUT2D eigenvalue weighted by Crippen LogP contribution is -2.48. The summed E-state index contributed by atoms with van der Waals surface area (Å²) in [5.74, 6) is 0.661. The average molecular weight is 275 g/mol. The predicted molar refractivity (Wildman–Crippen MR) is 88.8 cm³/mol. The fourth-order valence-electron chi connectivity index (χ4n) is 2.83. The van der Waals surface area contributed by atoms with E-state index >= 15 is 0 Å². The van der Waals surface area contributed by atoms with Gasteiger partial charge in [-0.2, -0.15) is 0 Å². The maximum absolute atomic E-state index is 3.70. The van der Waals surface area contributed by atoms with Crippen molar-refractivity contribution in [3.63, 3.8) is 0 Å². The van der Waals surface area contributed by atoms with Crippen LogP contribution in [0, 0.1) is 5.92 Å². The van der Waals surface area contributed by atoms with Crippen LogP contribution in [0.4, 0.5) is 11.4 Å². The molecule has 0 radical (unpaired) electrons. The van der Waals surface area contributed by atoms with E-state index < -0.39 is 0 Å². The highest BCUT2D eigenvalue weighted by atomic mass is 15.3. The molecule has 2 rings (SSSR count). The molecule has 0 spiro atoms. The summed E-state index contributed by atoms with van der Waals surface area (Å²) >= 11 is 0. The maximum Gasteiger partial charge on any atom is 0.0605 e. The monoisotopic (exact) mass is 275 g/mol. The van der Waals surface area contributed by atoms with E-state index in [9.17, 15) is 0 Å². The quantitative estimate of drug-likeness (QED) is 0.861. The van der Waals surface area contributed by atoms with Crippen molar-refractivity contribution in [1.29, 1.82) is 0 Å². The van der Waals surface area contributed by atoms with Crippen molar-refractivity contribution in [3.05, 3.63) is 24.3 Å². The zero-order valence-corrected chi connectivity index (χ0v) is 13.4. The molecule has 1 aliphatic rings. The molecular weight excluding hydrogens is 246 g/mol. The fraction of sp³-hybridized carbons (Fsp3) is 0.647. The fourth-order valence-corrected chi connectivity index (χ4v) is 2.83. The number of nitrogens with one attached hydrogen (secondary N) is 1. The Balaban J connectivity index is 2.11. The second kappa shape index (κ2) is 6.98. The molecule has 0 fully saturated rings. The number of hydrogen-bond acceptors (Lipinski definition) is 3. The Bertz CT molecular complexity index is 416. The van der Waals surface area contributed by atoms with Crippen molar-refractivity contribution in [2.24, 2.45) is 5.92 Å². The molecule has 1 heterocycles. The Kier molecular flexibility index (Phi) is 5.30. The minimum Gasteiger partial charge on any atom is -0.371 e. The van der Waals surface area contributed by atoms with Crippen LogP contribution in [0.15, 0.2) is 24.3 Å². The zero-order valence-electron chi connectivity index (χ0n) is 13.4. The average Bonchev–Trinajstić information content (AvgIpc) is 2.45. The van der Waals surface area contributed by atoms with E-state index in [4.69, 9.17) is 0 Å². The molecule has 0 aromatic heterocycles. The van der Waals surface area contributed by atoms with Crippen molar-refractivity contribution in [3.8, 4) is 0 Å².